The number of aromatic nitrogens is 2. The number of fused-ring (bicyclic) bond motifs is 5. The van der Waals surface area contributed by atoms with E-state index in [-0.39, 0.29) is 0 Å². The Balaban J connectivity index is 2.03. The summed E-state index contributed by atoms with van der Waals surface area (Å²) in [6, 6.07) is 16.9. The van der Waals surface area contributed by atoms with E-state index < -0.39 is 0 Å². The molecule has 4 heteroatoms. The van der Waals surface area contributed by atoms with Crippen molar-refractivity contribution < 1.29 is 0 Å². The van der Waals surface area contributed by atoms with Crippen LogP contribution in [0.15, 0.2) is 36.4 Å². The number of nitrogens with one attached hydrogen (secondary N) is 2. The van der Waals surface area contributed by atoms with Crippen LogP contribution in [0.25, 0.3) is 32.8 Å². The van der Waals surface area contributed by atoms with Crippen LogP contribution < -0.4 is 11.5 Å². The highest BCUT2D eigenvalue weighted by Crippen LogP contribution is 2.31. The molecule has 0 saturated heterocycles. The first-order chi connectivity index (χ1) is 10.8. The summed E-state index contributed by atoms with van der Waals surface area (Å²) >= 11 is 0. The molecule has 22 heavy (non-hydrogen) atoms. The number of rotatable bonds is 0. The fraction of sp³-hybridized carbons (Fsp3) is 0. The Morgan fingerprint density at radius 3 is 1.55 bits per heavy atom. The van der Waals surface area contributed by atoms with Crippen molar-refractivity contribution in [1.29, 1.82) is 0 Å². The van der Waals surface area contributed by atoms with E-state index in [1.54, 1.807) is 0 Å². The molecule has 0 saturated carbocycles. The highest BCUT2D eigenvalue weighted by Gasteiger charge is 2.11. The molecule has 0 unspecified atom stereocenters. The van der Waals surface area contributed by atoms with E-state index in [0.717, 1.165) is 44.0 Å². The van der Waals surface area contributed by atoms with Crippen LogP contribution in [-0.4, -0.2) is 9.97 Å². The van der Waals surface area contributed by atoms with Crippen molar-refractivity contribution >= 4 is 32.8 Å². The molecule has 0 aliphatic rings. The molecule has 6 N–H and O–H groups in total. The van der Waals surface area contributed by atoms with Crippen molar-refractivity contribution in [3.05, 3.63) is 47.5 Å². The van der Waals surface area contributed by atoms with Crippen molar-refractivity contribution in [1.82, 2.24) is 9.97 Å². The molecule has 0 atom stereocenters. The zero-order valence-electron chi connectivity index (χ0n) is 11.6. The fourth-order valence-corrected chi connectivity index (χ4v) is 2.85. The lowest BCUT2D eigenvalue weighted by Gasteiger charge is -1.94. The SMILES string of the molecule is NC#Cc1ccc2c(c1)[nH]c1c3ccc(C#CN)cc3[nH]c21. The van der Waals surface area contributed by atoms with Gasteiger partial charge in [0.1, 0.15) is 0 Å². The zero-order valence-corrected chi connectivity index (χ0v) is 11.6. The number of benzene rings is 2. The minimum atomic E-state index is 0.892. The quantitative estimate of drug-likeness (QED) is 0.295. The van der Waals surface area contributed by atoms with Crippen LogP contribution in [-0.2, 0) is 0 Å². The first-order valence-electron chi connectivity index (χ1n) is 6.80. The first kappa shape index (κ1) is 12.3. The lowest BCUT2D eigenvalue weighted by atomic mass is 10.1. The number of aromatic amines is 2. The second kappa shape index (κ2) is 4.51. The Bertz CT molecular complexity index is 1060. The van der Waals surface area contributed by atoms with Crippen molar-refractivity contribution in [2.75, 3.05) is 0 Å². The minimum absolute atomic E-state index is 0.892. The third kappa shape index (κ3) is 1.69. The standard InChI is InChI=1S/C18H12N4/c19-7-5-11-1-3-13-15(9-11)21-18-14-4-2-12(6-8-20)10-16(14)22-17(13)18/h1-4,9-10,21-22H,19-20H2. The summed E-state index contributed by atoms with van der Waals surface area (Å²) in [5.41, 5.74) is 16.6. The molecule has 4 aromatic rings. The molecule has 0 radical (unpaired) electrons. The largest absolute Gasteiger partial charge is 0.359 e. The summed E-state index contributed by atoms with van der Waals surface area (Å²) < 4.78 is 0. The van der Waals surface area contributed by atoms with Gasteiger partial charge in [-0.1, -0.05) is 0 Å². The molecule has 0 aliphatic heterocycles. The molecule has 0 bridgehead atoms. The molecule has 0 spiro atoms. The lowest BCUT2D eigenvalue weighted by molar-refractivity contribution is 1.55. The predicted octanol–water partition coefficient (Wildman–Crippen LogP) is 2.34. The van der Waals surface area contributed by atoms with Gasteiger partial charge in [-0.25, -0.2) is 0 Å². The van der Waals surface area contributed by atoms with E-state index in [1.807, 2.05) is 36.4 Å². The third-order valence-corrected chi connectivity index (χ3v) is 3.78. The summed E-state index contributed by atoms with van der Waals surface area (Å²) in [4.78, 5) is 6.90. The zero-order chi connectivity index (χ0) is 15.1. The second-order valence-corrected chi connectivity index (χ2v) is 5.06. The molecule has 0 aliphatic carbocycles. The summed E-state index contributed by atoms with van der Waals surface area (Å²) in [7, 11) is 0. The van der Waals surface area contributed by atoms with Gasteiger partial charge in [-0.15, -0.1) is 0 Å². The molecule has 104 valence electrons. The lowest BCUT2D eigenvalue weighted by Crippen LogP contribution is -1.81. The van der Waals surface area contributed by atoms with Gasteiger partial charge in [0.05, 0.1) is 11.0 Å². The van der Waals surface area contributed by atoms with Gasteiger partial charge in [0.15, 0.2) is 0 Å². The molecule has 0 fully saturated rings. The van der Waals surface area contributed by atoms with E-state index in [1.165, 1.54) is 0 Å². The van der Waals surface area contributed by atoms with E-state index in [4.69, 9.17) is 11.5 Å². The molecule has 2 aromatic heterocycles. The Hall–Kier alpha value is -3.50. The average molecular weight is 284 g/mol. The average Bonchev–Trinajstić information content (AvgIpc) is 3.03. The first-order valence-corrected chi connectivity index (χ1v) is 6.80. The summed E-state index contributed by atoms with van der Waals surface area (Å²) in [6.45, 7) is 0. The van der Waals surface area contributed by atoms with Gasteiger partial charge in [0.2, 0.25) is 0 Å². The van der Waals surface area contributed by atoms with Gasteiger partial charge < -0.3 is 21.4 Å². The van der Waals surface area contributed by atoms with Crippen LogP contribution in [0, 0.1) is 23.9 Å². The highest BCUT2D eigenvalue weighted by atomic mass is 14.8. The van der Waals surface area contributed by atoms with E-state index in [9.17, 15) is 0 Å². The smallest absolute Gasteiger partial charge is 0.0725 e. The van der Waals surface area contributed by atoms with Crippen LogP contribution >= 0.6 is 0 Å². The maximum atomic E-state index is 5.28. The van der Waals surface area contributed by atoms with Gasteiger partial charge in [-0.05, 0) is 48.2 Å². The normalized spacial score (nSPS) is 10.4. The van der Waals surface area contributed by atoms with Crippen LogP contribution in [0.1, 0.15) is 11.1 Å². The van der Waals surface area contributed by atoms with Gasteiger partial charge in [-0.2, -0.15) is 0 Å². The molecule has 0 amide bonds. The van der Waals surface area contributed by atoms with Gasteiger partial charge in [0.25, 0.3) is 0 Å². The summed E-state index contributed by atoms with van der Waals surface area (Å²) in [6.07, 6.45) is 0. The molecule has 2 aromatic carbocycles. The van der Waals surface area contributed by atoms with Crippen LogP contribution in [0.4, 0.5) is 0 Å². The highest BCUT2D eigenvalue weighted by molar-refractivity contribution is 6.16. The van der Waals surface area contributed by atoms with E-state index in [0.29, 0.717) is 0 Å². The van der Waals surface area contributed by atoms with E-state index >= 15 is 0 Å². The molecule has 4 rings (SSSR count). The molecule has 2 heterocycles. The summed E-state index contributed by atoms with van der Waals surface area (Å²) in [5.74, 6) is 5.73. The molecule has 4 nitrogen and oxygen atoms in total. The number of H-pyrrole nitrogens is 2. The van der Waals surface area contributed by atoms with Crippen molar-refractivity contribution in [2.24, 2.45) is 11.5 Å². The molecular weight excluding hydrogens is 272 g/mol. The predicted molar refractivity (Wildman–Crippen MR) is 89.8 cm³/mol. The third-order valence-electron chi connectivity index (χ3n) is 3.78. The second-order valence-electron chi connectivity index (χ2n) is 5.06. The van der Waals surface area contributed by atoms with Gasteiger partial charge in [0, 0.05) is 45.0 Å². The monoisotopic (exact) mass is 284 g/mol. The van der Waals surface area contributed by atoms with Crippen LogP contribution in [0.5, 0.6) is 0 Å². The minimum Gasteiger partial charge on any atom is -0.359 e. The van der Waals surface area contributed by atoms with Crippen molar-refractivity contribution in [2.45, 2.75) is 0 Å². The van der Waals surface area contributed by atoms with Crippen LogP contribution in [0.3, 0.4) is 0 Å². The molecular formula is C18H12N4. The fourth-order valence-electron chi connectivity index (χ4n) is 2.85. The topological polar surface area (TPSA) is 83.6 Å². The Labute approximate surface area is 126 Å². The maximum Gasteiger partial charge on any atom is 0.0725 e. The van der Waals surface area contributed by atoms with Crippen molar-refractivity contribution in [3.8, 4) is 23.9 Å². The Morgan fingerprint density at radius 1 is 0.682 bits per heavy atom. The Kier molecular flexibility index (Phi) is 2.51. The number of hydrogen-bond acceptors (Lipinski definition) is 2. The van der Waals surface area contributed by atoms with Crippen LogP contribution in [0.2, 0.25) is 0 Å². The number of nitrogens with two attached hydrogens (primary N) is 2. The Morgan fingerprint density at radius 2 is 1.14 bits per heavy atom. The van der Waals surface area contributed by atoms with E-state index in [2.05, 4.69) is 33.9 Å². The van der Waals surface area contributed by atoms with Gasteiger partial charge in [-0.3, -0.25) is 0 Å². The van der Waals surface area contributed by atoms with Gasteiger partial charge >= 0.3 is 0 Å². The number of hydrogen-bond donors (Lipinski definition) is 4. The van der Waals surface area contributed by atoms with Crippen molar-refractivity contribution in [3.63, 3.8) is 0 Å². The maximum absolute atomic E-state index is 5.28. The summed E-state index contributed by atoms with van der Waals surface area (Å²) in [5, 5.41) is 2.25.